The van der Waals surface area contributed by atoms with E-state index in [0.717, 1.165) is 56.4 Å². The standard InChI is InChI=1S/C38H34N6O5/c1-22-16-27(49-21-23-8-7-9-26(17-23)37-41-43-44-42-37)13-15-30(22)40-38(45)34-28-10-5-6-11-31(28)39-35-25(12-14-29(34)35)18-24-19-32(46-2)36(48-4)33(20-24)47-3/h5-11,13,15-20H,12,14,21H2,1-4H3,(H,40,45)(H,41,42,43,44)/b25-18+. The molecule has 49 heavy (non-hydrogen) atoms. The molecule has 2 heterocycles. The number of carbonyl (C=O) groups excluding carboxylic acids is 1. The number of amides is 1. The highest BCUT2D eigenvalue weighted by Gasteiger charge is 2.27. The first-order valence-corrected chi connectivity index (χ1v) is 15.8. The Morgan fingerprint density at radius 3 is 2.47 bits per heavy atom. The van der Waals surface area contributed by atoms with E-state index < -0.39 is 0 Å². The SMILES string of the molecule is COc1cc(/C=C2\CCc3c2nc2ccccc2c3C(=O)Nc2ccc(OCc3cccc(-c4nn[nH]n4)c3)cc2C)cc(OC)c1OC. The molecule has 0 unspecified atom stereocenters. The summed E-state index contributed by atoms with van der Waals surface area (Å²) in [4.78, 5) is 19.1. The van der Waals surface area contributed by atoms with Gasteiger partial charge < -0.3 is 24.3 Å². The number of pyridine rings is 1. The number of tetrazole rings is 1. The van der Waals surface area contributed by atoms with Gasteiger partial charge in [0.25, 0.3) is 5.91 Å². The van der Waals surface area contributed by atoms with Gasteiger partial charge in [0.1, 0.15) is 12.4 Å². The number of aryl methyl sites for hydroxylation is 1. The van der Waals surface area contributed by atoms with Gasteiger partial charge in [0.05, 0.1) is 38.1 Å². The van der Waals surface area contributed by atoms with Crippen molar-refractivity contribution in [1.82, 2.24) is 25.6 Å². The number of para-hydroxylation sites is 1. The molecule has 0 spiro atoms. The minimum Gasteiger partial charge on any atom is -0.493 e. The maximum atomic E-state index is 14.1. The van der Waals surface area contributed by atoms with Gasteiger partial charge in [-0.25, -0.2) is 4.98 Å². The number of anilines is 1. The first kappa shape index (κ1) is 31.4. The Kier molecular flexibility index (Phi) is 8.63. The minimum absolute atomic E-state index is 0.182. The highest BCUT2D eigenvalue weighted by molar-refractivity contribution is 6.15. The quantitative estimate of drug-likeness (QED) is 0.159. The van der Waals surface area contributed by atoms with Crippen LogP contribution in [0.5, 0.6) is 23.0 Å². The number of benzene rings is 4. The summed E-state index contributed by atoms with van der Waals surface area (Å²) in [5.41, 5.74) is 8.46. The van der Waals surface area contributed by atoms with Crippen molar-refractivity contribution in [2.24, 2.45) is 0 Å². The van der Waals surface area contributed by atoms with Crippen LogP contribution in [0.4, 0.5) is 5.69 Å². The molecule has 1 aliphatic rings. The van der Waals surface area contributed by atoms with Crippen molar-refractivity contribution in [3.05, 3.63) is 112 Å². The summed E-state index contributed by atoms with van der Waals surface area (Å²) in [6.45, 7) is 2.31. The third-order valence-electron chi connectivity index (χ3n) is 8.58. The highest BCUT2D eigenvalue weighted by Crippen LogP contribution is 2.42. The summed E-state index contributed by atoms with van der Waals surface area (Å²) in [6.07, 6.45) is 3.49. The van der Waals surface area contributed by atoms with Gasteiger partial charge in [-0.05, 0) is 101 Å². The van der Waals surface area contributed by atoms with Crippen LogP contribution in [0.2, 0.25) is 0 Å². The number of aromatic nitrogens is 5. The van der Waals surface area contributed by atoms with Crippen molar-refractivity contribution in [2.75, 3.05) is 26.6 Å². The van der Waals surface area contributed by atoms with E-state index in [1.54, 1.807) is 21.3 Å². The normalized spacial score (nSPS) is 12.9. The molecule has 11 nitrogen and oxygen atoms in total. The Bertz CT molecular complexity index is 2190. The van der Waals surface area contributed by atoms with Crippen LogP contribution in [0.25, 0.3) is 33.9 Å². The number of rotatable bonds is 10. The van der Waals surface area contributed by atoms with Crippen molar-refractivity contribution in [1.29, 1.82) is 0 Å². The predicted octanol–water partition coefficient (Wildman–Crippen LogP) is 7.07. The lowest BCUT2D eigenvalue weighted by molar-refractivity contribution is 0.102. The molecule has 0 aliphatic heterocycles. The zero-order valence-electron chi connectivity index (χ0n) is 27.5. The lowest BCUT2D eigenvalue weighted by Gasteiger charge is -2.15. The molecule has 246 valence electrons. The first-order valence-electron chi connectivity index (χ1n) is 15.8. The molecule has 0 fully saturated rings. The number of fused-ring (bicyclic) bond motifs is 2. The van der Waals surface area contributed by atoms with Crippen LogP contribution < -0.4 is 24.3 Å². The number of aromatic amines is 1. The van der Waals surface area contributed by atoms with Gasteiger partial charge in [0, 0.05) is 16.6 Å². The second kappa shape index (κ2) is 13.5. The molecular formula is C38H34N6O5. The van der Waals surface area contributed by atoms with Gasteiger partial charge in [-0.3, -0.25) is 4.79 Å². The van der Waals surface area contributed by atoms with Crippen LogP contribution in [-0.4, -0.2) is 52.8 Å². The molecule has 2 N–H and O–H groups in total. The molecule has 2 aromatic heterocycles. The summed E-state index contributed by atoms with van der Waals surface area (Å²) in [5, 5.41) is 18.2. The number of methoxy groups -OCH3 is 3. The van der Waals surface area contributed by atoms with E-state index in [9.17, 15) is 4.79 Å². The zero-order chi connectivity index (χ0) is 33.9. The molecule has 1 aliphatic carbocycles. The second-order valence-corrected chi connectivity index (χ2v) is 11.6. The highest BCUT2D eigenvalue weighted by atomic mass is 16.5. The van der Waals surface area contributed by atoms with E-state index in [1.807, 2.05) is 85.8 Å². The van der Waals surface area contributed by atoms with E-state index in [1.165, 1.54) is 0 Å². The van der Waals surface area contributed by atoms with Crippen LogP contribution >= 0.6 is 0 Å². The Balaban J connectivity index is 1.15. The molecule has 4 aromatic carbocycles. The second-order valence-electron chi connectivity index (χ2n) is 11.6. The van der Waals surface area contributed by atoms with Crippen molar-refractivity contribution < 1.29 is 23.7 Å². The Morgan fingerprint density at radius 1 is 0.918 bits per heavy atom. The summed E-state index contributed by atoms with van der Waals surface area (Å²) in [6, 6.07) is 25.0. The Morgan fingerprint density at radius 2 is 1.73 bits per heavy atom. The molecule has 6 aromatic rings. The van der Waals surface area contributed by atoms with Crippen LogP contribution in [0.15, 0.2) is 78.9 Å². The van der Waals surface area contributed by atoms with Crippen molar-refractivity contribution in [3.8, 4) is 34.4 Å². The number of ether oxygens (including phenoxy) is 4. The zero-order valence-corrected chi connectivity index (χ0v) is 27.5. The summed E-state index contributed by atoms with van der Waals surface area (Å²) in [5.74, 6) is 2.70. The fourth-order valence-corrected chi connectivity index (χ4v) is 6.23. The first-order chi connectivity index (χ1) is 23.9. The molecule has 0 bridgehead atoms. The van der Waals surface area contributed by atoms with Crippen LogP contribution in [0.1, 0.15) is 44.7 Å². The fraction of sp³-hybridized carbons (Fsp3) is 0.184. The average Bonchev–Trinajstić information content (AvgIpc) is 3.81. The lowest BCUT2D eigenvalue weighted by Crippen LogP contribution is -2.16. The van der Waals surface area contributed by atoms with E-state index in [4.69, 9.17) is 23.9 Å². The third kappa shape index (κ3) is 6.26. The molecule has 1 amide bonds. The van der Waals surface area contributed by atoms with Crippen molar-refractivity contribution in [2.45, 2.75) is 26.4 Å². The Labute approximate surface area is 282 Å². The van der Waals surface area contributed by atoms with E-state index in [0.29, 0.717) is 53.1 Å². The number of hydrogen-bond donors (Lipinski definition) is 2. The molecular weight excluding hydrogens is 620 g/mol. The minimum atomic E-state index is -0.182. The molecule has 0 atom stereocenters. The fourth-order valence-electron chi connectivity index (χ4n) is 6.23. The van der Waals surface area contributed by atoms with Gasteiger partial charge in [-0.2, -0.15) is 5.21 Å². The average molecular weight is 655 g/mol. The molecule has 0 radical (unpaired) electrons. The summed E-state index contributed by atoms with van der Waals surface area (Å²) < 4.78 is 22.7. The number of allylic oxidation sites excluding steroid dienone is 1. The monoisotopic (exact) mass is 654 g/mol. The molecule has 0 saturated heterocycles. The van der Waals surface area contributed by atoms with Crippen LogP contribution in [0.3, 0.4) is 0 Å². The molecule has 11 heteroatoms. The van der Waals surface area contributed by atoms with Crippen molar-refractivity contribution >= 4 is 34.1 Å². The number of carbonyl (C=O) groups is 1. The van der Waals surface area contributed by atoms with Gasteiger partial charge in [0.2, 0.25) is 11.6 Å². The van der Waals surface area contributed by atoms with Gasteiger partial charge >= 0.3 is 0 Å². The van der Waals surface area contributed by atoms with Crippen LogP contribution in [0, 0.1) is 6.92 Å². The number of hydrogen-bond acceptors (Lipinski definition) is 9. The lowest BCUT2D eigenvalue weighted by atomic mass is 9.99. The molecule has 0 saturated carbocycles. The smallest absolute Gasteiger partial charge is 0.256 e. The summed E-state index contributed by atoms with van der Waals surface area (Å²) >= 11 is 0. The van der Waals surface area contributed by atoms with Crippen LogP contribution in [-0.2, 0) is 13.0 Å². The maximum absolute atomic E-state index is 14.1. The van der Waals surface area contributed by atoms with E-state index in [-0.39, 0.29) is 5.91 Å². The van der Waals surface area contributed by atoms with E-state index >= 15 is 0 Å². The van der Waals surface area contributed by atoms with E-state index in [2.05, 4.69) is 32.0 Å². The largest absolute Gasteiger partial charge is 0.493 e. The summed E-state index contributed by atoms with van der Waals surface area (Å²) in [7, 11) is 4.78. The topological polar surface area (TPSA) is 133 Å². The van der Waals surface area contributed by atoms with Gasteiger partial charge in [-0.1, -0.05) is 36.4 Å². The predicted molar refractivity (Wildman–Crippen MR) is 187 cm³/mol. The third-order valence-corrected chi connectivity index (χ3v) is 8.58. The molecule has 7 rings (SSSR count). The number of nitrogens with one attached hydrogen (secondary N) is 2. The maximum Gasteiger partial charge on any atom is 0.256 e. The van der Waals surface area contributed by atoms with Gasteiger partial charge in [0.15, 0.2) is 11.5 Å². The number of H-pyrrole nitrogens is 1. The Hall–Kier alpha value is -6.23. The van der Waals surface area contributed by atoms with Crippen molar-refractivity contribution in [3.63, 3.8) is 0 Å². The number of nitrogens with zero attached hydrogens (tertiary/aromatic N) is 4. The van der Waals surface area contributed by atoms with Gasteiger partial charge in [-0.15, -0.1) is 10.2 Å².